The Morgan fingerprint density at radius 1 is 1.04 bits per heavy atom. The zero-order valence-electron chi connectivity index (χ0n) is 15.8. The summed E-state index contributed by atoms with van der Waals surface area (Å²) in [6.45, 7) is 10.3. The maximum atomic E-state index is 6.16. The van der Waals surface area contributed by atoms with E-state index in [1.165, 1.54) is 0 Å². The summed E-state index contributed by atoms with van der Waals surface area (Å²) in [7, 11) is -0.439. The van der Waals surface area contributed by atoms with Crippen LogP contribution in [-0.4, -0.2) is 38.1 Å². The fourth-order valence-corrected chi connectivity index (χ4v) is 3.11. The van der Waals surface area contributed by atoms with E-state index in [0.29, 0.717) is 0 Å². The van der Waals surface area contributed by atoms with Crippen LogP contribution in [0.3, 0.4) is 0 Å². The molecule has 1 atom stereocenters. The number of hydrogen-bond acceptors (Lipinski definition) is 5. The van der Waals surface area contributed by atoms with Gasteiger partial charge in [0.1, 0.15) is 5.52 Å². The maximum Gasteiger partial charge on any atom is 0.496 e. The van der Waals surface area contributed by atoms with Crippen LogP contribution in [0.15, 0.2) is 42.9 Å². The molecule has 26 heavy (non-hydrogen) atoms. The Morgan fingerprint density at radius 2 is 1.77 bits per heavy atom. The normalized spacial score (nSPS) is 19.8. The first-order chi connectivity index (χ1) is 12.3. The molecule has 134 valence electrons. The molecule has 4 heterocycles. The minimum absolute atomic E-state index is 0.00375. The summed E-state index contributed by atoms with van der Waals surface area (Å²) in [6.07, 6.45) is 5.39. The lowest BCUT2D eigenvalue weighted by atomic mass is 9.80. The Morgan fingerprint density at radius 3 is 2.42 bits per heavy atom. The van der Waals surface area contributed by atoms with Crippen LogP contribution in [0, 0.1) is 0 Å². The fourth-order valence-electron chi connectivity index (χ4n) is 3.11. The number of aromatic nitrogens is 4. The molecule has 0 aliphatic carbocycles. The van der Waals surface area contributed by atoms with Gasteiger partial charge in [-0.15, -0.1) is 0 Å². The molecule has 0 radical (unpaired) electrons. The third-order valence-corrected chi connectivity index (χ3v) is 5.48. The van der Waals surface area contributed by atoms with E-state index >= 15 is 0 Å². The Kier molecular flexibility index (Phi) is 3.89. The van der Waals surface area contributed by atoms with Gasteiger partial charge in [0.05, 0.1) is 34.7 Å². The monoisotopic (exact) mass is 350 g/mol. The highest BCUT2D eigenvalue weighted by Crippen LogP contribution is 2.36. The summed E-state index contributed by atoms with van der Waals surface area (Å²) >= 11 is 0. The molecule has 0 amide bonds. The molecule has 1 aliphatic rings. The van der Waals surface area contributed by atoms with Gasteiger partial charge in [-0.3, -0.25) is 14.6 Å². The third-order valence-electron chi connectivity index (χ3n) is 5.48. The number of fused-ring (bicyclic) bond motifs is 1. The lowest BCUT2D eigenvalue weighted by Crippen LogP contribution is -2.41. The Bertz CT molecular complexity index is 923. The third kappa shape index (κ3) is 2.71. The van der Waals surface area contributed by atoms with Crippen molar-refractivity contribution in [3.05, 3.63) is 48.5 Å². The van der Waals surface area contributed by atoms with Crippen molar-refractivity contribution < 1.29 is 9.31 Å². The lowest BCUT2D eigenvalue weighted by molar-refractivity contribution is 0.00578. The van der Waals surface area contributed by atoms with E-state index in [-0.39, 0.29) is 17.2 Å². The van der Waals surface area contributed by atoms with Crippen LogP contribution >= 0.6 is 0 Å². The lowest BCUT2D eigenvalue weighted by Gasteiger charge is -2.32. The summed E-state index contributed by atoms with van der Waals surface area (Å²) in [4.78, 5) is 9.00. The van der Waals surface area contributed by atoms with Gasteiger partial charge in [0, 0.05) is 17.9 Å². The van der Waals surface area contributed by atoms with Gasteiger partial charge >= 0.3 is 7.12 Å². The van der Waals surface area contributed by atoms with Crippen LogP contribution in [0.5, 0.6) is 0 Å². The molecule has 7 heteroatoms. The molecular weight excluding hydrogens is 327 g/mol. The van der Waals surface area contributed by atoms with E-state index in [4.69, 9.17) is 9.31 Å². The molecule has 1 saturated heterocycles. The van der Waals surface area contributed by atoms with Crippen molar-refractivity contribution in [2.45, 2.75) is 51.9 Å². The molecule has 3 aromatic heterocycles. The summed E-state index contributed by atoms with van der Waals surface area (Å²) in [6, 6.07) is 7.96. The standard InChI is InChI=1S/C19H23BN4O2/c1-13(15-8-6-7-9-21-15)24-17-10-14(11-22-16(17)12-23-24)20-25-18(2,3)19(4,5)26-20/h6-13H,1-5H3. The highest BCUT2D eigenvalue weighted by atomic mass is 16.7. The molecule has 1 fully saturated rings. The first-order valence-electron chi connectivity index (χ1n) is 8.88. The quantitative estimate of drug-likeness (QED) is 0.680. The Labute approximate surface area is 153 Å². The first-order valence-corrected chi connectivity index (χ1v) is 8.88. The van der Waals surface area contributed by atoms with Crippen molar-refractivity contribution in [1.82, 2.24) is 19.7 Å². The summed E-state index contributed by atoms with van der Waals surface area (Å²) in [5.74, 6) is 0. The highest BCUT2D eigenvalue weighted by molar-refractivity contribution is 6.62. The predicted molar refractivity (Wildman–Crippen MR) is 101 cm³/mol. The first kappa shape index (κ1) is 17.2. The largest absolute Gasteiger partial charge is 0.496 e. The minimum atomic E-state index is -0.439. The van der Waals surface area contributed by atoms with Crippen molar-refractivity contribution in [2.75, 3.05) is 0 Å². The predicted octanol–water partition coefficient (Wildman–Crippen LogP) is 2.73. The average Bonchev–Trinajstić information content (AvgIpc) is 3.12. The molecule has 6 nitrogen and oxygen atoms in total. The van der Waals surface area contributed by atoms with Gasteiger partial charge < -0.3 is 9.31 Å². The SMILES string of the molecule is CC(c1ccccn1)n1ncc2ncc(B3OC(C)(C)C(C)(C)O3)cc21. The number of nitrogens with zero attached hydrogens (tertiary/aromatic N) is 4. The van der Waals surface area contributed by atoms with E-state index in [2.05, 4.69) is 28.1 Å². The number of pyridine rings is 2. The van der Waals surface area contributed by atoms with Gasteiger partial charge in [-0.2, -0.15) is 5.10 Å². The molecule has 4 rings (SSSR count). The molecule has 3 aromatic rings. The van der Waals surface area contributed by atoms with Gasteiger partial charge in [0.2, 0.25) is 0 Å². The molecule has 0 bridgehead atoms. The van der Waals surface area contributed by atoms with Gasteiger partial charge in [-0.1, -0.05) is 6.07 Å². The Balaban J connectivity index is 1.72. The molecule has 1 aliphatic heterocycles. The fraction of sp³-hybridized carbons (Fsp3) is 0.421. The molecule has 0 spiro atoms. The van der Waals surface area contributed by atoms with Crippen LogP contribution in [0.2, 0.25) is 0 Å². The topological polar surface area (TPSA) is 62.1 Å². The molecule has 1 unspecified atom stereocenters. The molecule has 0 aromatic carbocycles. The van der Waals surface area contributed by atoms with Gasteiger partial charge in [-0.25, -0.2) is 0 Å². The molecular formula is C19H23BN4O2. The summed E-state index contributed by atoms with van der Waals surface area (Å²) < 4.78 is 14.3. The van der Waals surface area contributed by atoms with Crippen molar-refractivity contribution in [3.63, 3.8) is 0 Å². The molecule has 0 saturated carbocycles. The minimum Gasteiger partial charge on any atom is -0.399 e. The van der Waals surface area contributed by atoms with Gasteiger partial charge in [0.25, 0.3) is 0 Å². The smallest absolute Gasteiger partial charge is 0.399 e. The van der Waals surface area contributed by atoms with Crippen LogP contribution in [0.25, 0.3) is 11.0 Å². The van der Waals surface area contributed by atoms with Crippen LogP contribution in [-0.2, 0) is 9.31 Å². The van der Waals surface area contributed by atoms with Crippen LogP contribution in [0.1, 0.15) is 46.4 Å². The van der Waals surface area contributed by atoms with Crippen molar-refractivity contribution in [2.24, 2.45) is 0 Å². The average molecular weight is 350 g/mol. The van der Waals surface area contributed by atoms with E-state index < -0.39 is 7.12 Å². The zero-order chi connectivity index (χ0) is 18.5. The summed E-state index contributed by atoms with van der Waals surface area (Å²) in [5.41, 5.74) is 2.87. The van der Waals surface area contributed by atoms with Crippen molar-refractivity contribution in [3.8, 4) is 0 Å². The second-order valence-electron chi connectivity index (χ2n) is 7.78. The number of hydrogen-bond donors (Lipinski definition) is 0. The number of rotatable bonds is 3. The van der Waals surface area contributed by atoms with Crippen molar-refractivity contribution >= 4 is 23.6 Å². The molecule has 0 N–H and O–H groups in total. The van der Waals surface area contributed by atoms with E-state index in [1.807, 2.05) is 56.8 Å². The zero-order valence-corrected chi connectivity index (χ0v) is 15.8. The van der Waals surface area contributed by atoms with Crippen molar-refractivity contribution in [1.29, 1.82) is 0 Å². The second kappa shape index (κ2) is 5.89. The van der Waals surface area contributed by atoms with Gasteiger partial charge in [-0.05, 0) is 52.8 Å². The van der Waals surface area contributed by atoms with E-state index in [1.54, 1.807) is 12.4 Å². The van der Waals surface area contributed by atoms with E-state index in [9.17, 15) is 0 Å². The second-order valence-corrected chi connectivity index (χ2v) is 7.78. The highest BCUT2D eigenvalue weighted by Gasteiger charge is 2.51. The van der Waals surface area contributed by atoms with Crippen LogP contribution < -0.4 is 5.46 Å². The maximum absolute atomic E-state index is 6.16. The van der Waals surface area contributed by atoms with Crippen LogP contribution in [0.4, 0.5) is 0 Å². The Hall–Kier alpha value is -2.25. The van der Waals surface area contributed by atoms with Gasteiger partial charge in [0.15, 0.2) is 0 Å². The van der Waals surface area contributed by atoms with E-state index in [0.717, 1.165) is 22.2 Å². The summed E-state index contributed by atoms with van der Waals surface area (Å²) in [5, 5.41) is 4.53.